The molecule has 1 amide bonds. The van der Waals surface area contributed by atoms with Gasteiger partial charge in [0.15, 0.2) is 5.75 Å². The number of hydrogen-bond donors (Lipinski definition) is 7. The number of para-hydroxylation sites is 1. The Labute approximate surface area is 235 Å². The largest absolute Gasteiger partial charge is 0.524 e. The van der Waals surface area contributed by atoms with E-state index in [9.17, 15) is 29.4 Å². The molecule has 0 fully saturated rings. The number of phosphoric ester groups is 1. The van der Waals surface area contributed by atoms with Gasteiger partial charge in [0.2, 0.25) is 0 Å². The first-order valence-corrected chi connectivity index (χ1v) is 13.9. The van der Waals surface area contributed by atoms with Gasteiger partial charge in [0.25, 0.3) is 5.91 Å². The lowest BCUT2D eigenvalue weighted by atomic mass is 10.1. The normalized spacial score (nSPS) is 13.2. The highest BCUT2D eigenvalue weighted by molar-refractivity contribution is 7.46. The second-order valence-electron chi connectivity index (χ2n) is 9.62. The molecule has 220 valence electrons. The van der Waals surface area contributed by atoms with Gasteiger partial charge in [-0.15, -0.1) is 0 Å². The number of phenolic OH excluding ortho intramolecular Hbond substituents is 2. The number of nitrogens with one attached hydrogen (secondary N) is 1. The van der Waals surface area contributed by atoms with Gasteiger partial charge < -0.3 is 37.3 Å². The lowest BCUT2D eigenvalue weighted by Gasteiger charge is -2.22. The van der Waals surface area contributed by atoms with Gasteiger partial charge in [-0.3, -0.25) is 14.6 Å². The average molecular weight is 577 g/mol. The second-order valence-corrected chi connectivity index (χ2v) is 10.8. The Bertz CT molecular complexity index is 1340. The standard InChI is InChI=1S/C28H35N2O7P.2H3N/c1-18(2)8-5-9-19(3)10-6-11-20(4)14-15-30-23-16-21(31)17-24(32)27(23)29-26-22(28(30)33)12-7-13-25(26)37-38(34,35)36;;/h7-8,10,12-14,16-17,29,31-32H,5-6,9,11,15H2,1-4H3,(H2,34,35,36);2*1H3. The minimum absolute atomic E-state index is 0. The summed E-state index contributed by atoms with van der Waals surface area (Å²) in [6.45, 7) is 8.43. The maximum absolute atomic E-state index is 13.6. The van der Waals surface area contributed by atoms with E-state index >= 15 is 0 Å². The lowest BCUT2D eigenvalue weighted by molar-refractivity contribution is 0.0990. The van der Waals surface area contributed by atoms with Crippen LogP contribution in [-0.4, -0.2) is 32.5 Å². The van der Waals surface area contributed by atoms with Crippen LogP contribution in [0.4, 0.5) is 17.1 Å². The van der Waals surface area contributed by atoms with Crippen LogP contribution in [0.1, 0.15) is 63.7 Å². The molecule has 2 aromatic rings. The maximum Gasteiger partial charge on any atom is 0.524 e. The van der Waals surface area contributed by atoms with Crippen molar-refractivity contribution in [1.82, 2.24) is 12.3 Å². The molecular formula is C28H41N4O7P. The van der Waals surface area contributed by atoms with E-state index in [1.54, 1.807) is 0 Å². The molecule has 0 spiro atoms. The number of hydrogen-bond acceptors (Lipinski definition) is 8. The summed E-state index contributed by atoms with van der Waals surface area (Å²) in [6.07, 6.45) is 10.1. The minimum Gasteiger partial charge on any atom is -0.508 e. The number of amides is 1. The van der Waals surface area contributed by atoms with Crippen LogP contribution in [0.5, 0.6) is 17.2 Å². The zero-order valence-corrected chi connectivity index (χ0v) is 24.4. The molecular weight excluding hydrogens is 535 g/mol. The monoisotopic (exact) mass is 576 g/mol. The molecule has 1 aliphatic rings. The molecule has 0 bridgehead atoms. The zero-order valence-electron chi connectivity index (χ0n) is 23.5. The van der Waals surface area contributed by atoms with E-state index < -0.39 is 13.7 Å². The van der Waals surface area contributed by atoms with Crippen molar-refractivity contribution in [3.63, 3.8) is 0 Å². The molecule has 3 rings (SSSR count). The molecule has 0 aromatic heterocycles. The number of nitrogens with zero attached hydrogens (tertiary/aromatic N) is 1. The summed E-state index contributed by atoms with van der Waals surface area (Å²) >= 11 is 0. The molecule has 11 nitrogen and oxygen atoms in total. The van der Waals surface area contributed by atoms with Crippen molar-refractivity contribution in [2.45, 2.75) is 53.4 Å². The van der Waals surface area contributed by atoms with Gasteiger partial charge in [0.05, 0.1) is 16.9 Å². The zero-order chi connectivity index (χ0) is 28.0. The molecule has 0 atom stereocenters. The summed E-state index contributed by atoms with van der Waals surface area (Å²) in [5.41, 5.74) is 4.10. The van der Waals surface area contributed by atoms with E-state index in [4.69, 9.17) is 4.52 Å². The van der Waals surface area contributed by atoms with E-state index in [0.717, 1.165) is 37.3 Å². The van der Waals surface area contributed by atoms with Gasteiger partial charge in [-0.1, -0.05) is 41.0 Å². The van der Waals surface area contributed by atoms with E-state index in [2.05, 4.69) is 38.2 Å². The van der Waals surface area contributed by atoms with Crippen molar-refractivity contribution >= 4 is 30.8 Å². The number of allylic oxidation sites excluding steroid dienone is 5. The average Bonchev–Trinajstić information content (AvgIpc) is 2.92. The number of anilines is 3. The molecule has 0 radical (unpaired) electrons. The molecule has 1 aliphatic heterocycles. The highest BCUT2D eigenvalue weighted by Crippen LogP contribution is 2.48. The molecule has 12 heteroatoms. The molecule has 11 N–H and O–H groups in total. The van der Waals surface area contributed by atoms with Crippen LogP contribution in [0.15, 0.2) is 65.3 Å². The Kier molecular flexibility index (Phi) is 12.6. The molecule has 1 heterocycles. The summed E-state index contributed by atoms with van der Waals surface area (Å²) < 4.78 is 16.3. The van der Waals surface area contributed by atoms with Crippen molar-refractivity contribution < 1.29 is 33.9 Å². The van der Waals surface area contributed by atoms with Crippen molar-refractivity contribution in [2.24, 2.45) is 0 Å². The summed E-state index contributed by atoms with van der Waals surface area (Å²) in [4.78, 5) is 33.7. The third-order valence-corrected chi connectivity index (χ3v) is 6.52. The van der Waals surface area contributed by atoms with Crippen LogP contribution in [0.25, 0.3) is 0 Å². The second kappa shape index (κ2) is 14.7. The molecule has 40 heavy (non-hydrogen) atoms. The first-order valence-electron chi connectivity index (χ1n) is 12.3. The third-order valence-electron chi connectivity index (χ3n) is 6.09. The fourth-order valence-corrected chi connectivity index (χ4v) is 4.54. The Morgan fingerprint density at radius 2 is 1.57 bits per heavy atom. The van der Waals surface area contributed by atoms with Crippen LogP contribution in [-0.2, 0) is 4.57 Å². The number of phosphoric acid groups is 1. The Morgan fingerprint density at radius 3 is 2.20 bits per heavy atom. The van der Waals surface area contributed by atoms with Crippen molar-refractivity contribution in [2.75, 3.05) is 16.8 Å². The number of rotatable bonds is 10. The summed E-state index contributed by atoms with van der Waals surface area (Å²) in [6, 6.07) is 6.70. The SMILES string of the molecule is CC(C)=CCCC(C)=CCCC(C)=CCN1C(=O)c2cccc(OP(=O)(O)O)c2Nc2c(O)cc(O)cc21.N.N. The van der Waals surface area contributed by atoms with Crippen molar-refractivity contribution in [3.05, 3.63) is 70.8 Å². The minimum atomic E-state index is -4.93. The van der Waals surface area contributed by atoms with Crippen LogP contribution < -0.4 is 27.0 Å². The Hall–Kier alpha value is -3.60. The summed E-state index contributed by atoms with van der Waals surface area (Å²) in [7, 11) is -4.93. The number of aromatic hydroxyl groups is 2. The fraction of sp³-hybridized carbons (Fsp3) is 0.321. The van der Waals surface area contributed by atoms with E-state index in [1.165, 1.54) is 40.3 Å². The Balaban J connectivity index is 0.00000400. The third kappa shape index (κ3) is 9.25. The smallest absolute Gasteiger partial charge is 0.508 e. The van der Waals surface area contributed by atoms with Gasteiger partial charge in [0.1, 0.15) is 17.2 Å². The van der Waals surface area contributed by atoms with Gasteiger partial charge >= 0.3 is 7.82 Å². The van der Waals surface area contributed by atoms with E-state index in [0.29, 0.717) is 0 Å². The quantitative estimate of drug-likeness (QED) is 0.0665. The Morgan fingerprint density at radius 1 is 0.950 bits per heavy atom. The highest BCUT2D eigenvalue weighted by atomic mass is 31.2. The first kappa shape index (κ1) is 34.4. The number of carbonyl (C=O) groups excluding carboxylic acids is 1. The lowest BCUT2D eigenvalue weighted by Crippen LogP contribution is -2.30. The van der Waals surface area contributed by atoms with Crippen LogP contribution in [0.3, 0.4) is 0 Å². The molecule has 0 saturated heterocycles. The maximum atomic E-state index is 13.6. The fourth-order valence-electron chi connectivity index (χ4n) is 4.13. The number of carbonyl (C=O) groups is 1. The number of fused-ring (bicyclic) bond motifs is 2. The predicted octanol–water partition coefficient (Wildman–Crippen LogP) is 7.02. The first-order chi connectivity index (χ1) is 17.9. The number of phenols is 2. The number of benzene rings is 2. The van der Waals surface area contributed by atoms with Gasteiger partial charge in [-0.25, -0.2) is 4.57 Å². The van der Waals surface area contributed by atoms with Crippen LogP contribution >= 0.6 is 7.82 Å². The van der Waals surface area contributed by atoms with Crippen molar-refractivity contribution in [1.29, 1.82) is 0 Å². The highest BCUT2D eigenvalue weighted by Gasteiger charge is 2.31. The summed E-state index contributed by atoms with van der Waals surface area (Å²) in [5, 5.41) is 23.6. The van der Waals surface area contributed by atoms with Crippen LogP contribution in [0, 0.1) is 0 Å². The topological polar surface area (TPSA) is 210 Å². The van der Waals surface area contributed by atoms with Gasteiger partial charge in [-0.05, 0) is 65.5 Å². The predicted molar refractivity (Wildman–Crippen MR) is 159 cm³/mol. The molecule has 0 unspecified atom stereocenters. The van der Waals surface area contributed by atoms with Gasteiger partial charge in [0, 0.05) is 18.7 Å². The molecule has 0 aliphatic carbocycles. The van der Waals surface area contributed by atoms with Crippen molar-refractivity contribution in [3.8, 4) is 17.2 Å². The van der Waals surface area contributed by atoms with Crippen LogP contribution in [0.2, 0.25) is 0 Å². The summed E-state index contributed by atoms with van der Waals surface area (Å²) in [5.74, 6) is -1.33. The van der Waals surface area contributed by atoms with E-state index in [-0.39, 0.29) is 58.7 Å². The van der Waals surface area contributed by atoms with E-state index in [1.807, 2.05) is 13.0 Å². The molecule has 0 saturated carbocycles. The molecule has 2 aromatic carbocycles. The van der Waals surface area contributed by atoms with Gasteiger partial charge in [-0.2, -0.15) is 0 Å².